The maximum atomic E-state index is 10.9. The van der Waals surface area contributed by atoms with Gasteiger partial charge in [0, 0.05) is 23.4 Å². The first-order valence-corrected chi connectivity index (χ1v) is 6.28. The predicted octanol–water partition coefficient (Wildman–Crippen LogP) is 3.78. The fourth-order valence-corrected chi connectivity index (χ4v) is 2.06. The van der Waals surface area contributed by atoms with Crippen LogP contribution in [0.2, 0.25) is 0 Å². The van der Waals surface area contributed by atoms with Crippen molar-refractivity contribution in [1.29, 1.82) is 0 Å². The van der Waals surface area contributed by atoms with Gasteiger partial charge in [-0.3, -0.25) is 10.1 Å². The Morgan fingerprint density at radius 1 is 1.20 bits per heavy atom. The second-order valence-electron chi connectivity index (χ2n) is 4.66. The minimum atomic E-state index is -0.383. The van der Waals surface area contributed by atoms with Crippen molar-refractivity contribution in [2.75, 3.05) is 5.32 Å². The van der Waals surface area contributed by atoms with Gasteiger partial charge in [-0.05, 0) is 37.6 Å². The number of nitro benzene ring substituents is 1. The topological polar surface area (TPSA) is 75.4 Å². The number of anilines is 1. The van der Waals surface area contributed by atoms with E-state index in [1.165, 1.54) is 6.07 Å². The molecular formula is C15H16N2O3. The summed E-state index contributed by atoms with van der Waals surface area (Å²) in [5.41, 5.74) is 2.45. The van der Waals surface area contributed by atoms with E-state index >= 15 is 0 Å². The second-order valence-corrected chi connectivity index (χ2v) is 4.66. The van der Waals surface area contributed by atoms with Crippen molar-refractivity contribution in [1.82, 2.24) is 0 Å². The van der Waals surface area contributed by atoms with E-state index in [4.69, 9.17) is 0 Å². The molecule has 0 spiro atoms. The van der Waals surface area contributed by atoms with E-state index in [0.29, 0.717) is 5.56 Å². The Morgan fingerprint density at radius 2 is 1.85 bits per heavy atom. The van der Waals surface area contributed by atoms with Gasteiger partial charge >= 0.3 is 0 Å². The van der Waals surface area contributed by atoms with E-state index in [1.54, 1.807) is 25.1 Å². The molecule has 2 N–H and O–H groups in total. The lowest BCUT2D eigenvalue weighted by Gasteiger charge is -2.17. The quantitative estimate of drug-likeness (QED) is 0.656. The molecule has 0 fully saturated rings. The number of hydrogen-bond donors (Lipinski definition) is 2. The molecule has 0 heterocycles. The number of benzene rings is 2. The normalized spacial score (nSPS) is 11.9. The van der Waals surface area contributed by atoms with E-state index in [9.17, 15) is 15.2 Å². The van der Waals surface area contributed by atoms with Crippen LogP contribution in [0.1, 0.15) is 24.1 Å². The summed E-state index contributed by atoms with van der Waals surface area (Å²) in [5.74, 6) is 0.215. The maximum absolute atomic E-state index is 10.9. The molecule has 0 amide bonds. The largest absolute Gasteiger partial charge is 0.508 e. The molecule has 0 saturated carbocycles. The van der Waals surface area contributed by atoms with Gasteiger partial charge in [0.25, 0.3) is 5.69 Å². The third-order valence-electron chi connectivity index (χ3n) is 3.27. The third kappa shape index (κ3) is 2.88. The van der Waals surface area contributed by atoms with Crippen molar-refractivity contribution >= 4 is 11.4 Å². The van der Waals surface area contributed by atoms with Crippen LogP contribution in [0.3, 0.4) is 0 Å². The molecule has 2 aromatic carbocycles. The number of phenols is 1. The fraction of sp³-hybridized carbons (Fsp3) is 0.200. The van der Waals surface area contributed by atoms with Crippen LogP contribution in [0, 0.1) is 17.0 Å². The first kappa shape index (κ1) is 13.9. The second kappa shape index (κ2) is 5.61. The van der Waals surface area contributed by atoms with Crippen LogP contribution >= 0.6 is 0 Å². The molecule has 5 nitrogen and oxygen atoms in total. The molecule has 1 unspecified atom stereocenters. The monoisotopic (exact) mass is 272 g/mol. The van der Waals surface area contributed by atoms with Crippen molar-refractivity contribution in [3.63, 3.8) is 0 Å². The van der Waals surface area contributed by atoms with Crippen LogP contribution < -0.4 is 5.32 Å². The molecule has 0 radical (unpaired) electrons. The van der Waals surface area contributed by atoms with Gasteiger partial charge in [0.1, 0.15) is 5.75 Å². The average Bonchev–Trinajstić information content (AvgIpc) is 2.41. The van der Waals surface area contributed by atoms with Crippen molar-refractivity contribution in [2.24, 2.45) is 0 Å². The number of aromatic hydroxyl groups is 1. The van der Waals surface area contributed by atoms with Gasteiger partial charge < -0.3 is 10.4 Å². The van der Waals surface area contributed by atoms with E-state index < -0.39 is 0 Å². The zero-order valence-electron chi connectivity index (χ0n) is 11.3. The Bertz CT molecular complexity index is 624. The Kier molecular flexibility index (Phi) is 3.89. The lowest BCUT2D eigenvalue weighted by atomic mass is 10.1. The Hall–Kier alpha value is -2.56. The van der Waals surface area contributed by atoms with Crippen LogP contribution in [0.15, 0.2) is 42.5 Å². The number of rotatable bonds is 4. The Balaban J connectivity index is 2.23. The van der Waals surface area contributed by atoms with Crippen LogP contribution in [-0.2, 0) is 0 Å². The van der Waals surface area contributed by atoms with Crippen LogP contribution in [0.4, 0.5) is 11.4 Å². The SMILES string of the molecule is Cc1c(NC(C)c2ccc(O)cc2)cccc1[N+](=O)[O-]. The van der Waals surface area contributed by atoms with E-state index in [2.05, 4.69) is 5.32 Å². The summed E-state index contributed by atoms with van der Waals surface area (Å²) in [6.07, 6.45) is 0. The van der Waals surface area contributed by atoms with E-state index in [1.807, 2.05) is 25.1 Å². The zero-order chi connectivity index (χ0) is 14.7. The van der Waals surface area contributed by atoms with Gasteiger partial charge in [-0.1, -0.05) is 18.2 Å². The minimum Gasteiger partial charge on any atom is -0.508 e. The van der Waals surface area contributed by atoms with Gasteiger partial charge in [0.05, 0.1) is 4.92 Å². The van der Waals surface area contributed by atoms with E-state index in [0.717, 1.165) is 11.3 Å². The number of nitro groups is 1. The van der Waals surface area contributed by atoms with Crippen molar-refractivity contribution in [3.05, 3.63) is 63.7 Å². The standard InChI is InChI=1S/C15H16N2O3/c1-10-14(4-3-5-15(10)17(19)20)16-11(2)12-6-8-13(18)9-7-12/h3-9,11,16,18H,1-2H3. The molecule has 0 aliphatic carbocycles. The molecule has 0 aliphatic heterocycles. The molecule has 0 saturated heterocycles. The van der Waals surface area contributed by atoms with Crippen LogP contribution in [0.5, 0.6) is 5.75 Å². The minimum absolute atomic E-state index is 0.0173. The summed E-state index contributed by atoms with van der Waals surface area (Å²) < 4.78 is 0. The van der Waals surface area contributed by atoms with E-state index in [-0.39, 0.29) is 22.4 Å². The molecular weight excluding hydrogens is 256 g/mol. The summed E-state index contributed by atoms with van der Waals surface area (Å²) in [4.78, 5) is 10.5. The Morgan fingerprint density at radius 3 is 2.45 bits per heavy atom. The number of nitrogens with zero attached hydrogens (tertiary/aromatic N) is 1. The fourth-order valence-electron chi connectivity index (χ4n) is 2.06. The summed E-state index contributed by atoms with van der Waals surface area (Å²) in [7, 11) is 0. The molecule has 0 aromatic heterocycles. The first-order chi connectivity index (χ1) is 9.49. The van der Waals surface area contributed by atoms with Gasteiger partial charge in [0.2, 0.25) is 0 Å². The first-order valence-electron chi connectivity index (χ1n) is 6.28. The van der Waals surface area contributed by atoms with Crippen LogP contribution in [-0.4, -0.2) is 10.0 Å². The number of phenolic OH excluding ortho intramolecular Hbond substituents is 1. The number of nitrogens with one attached hydrogen (secondary N) is 1. The molecule has 0 aliphatic rings. The molecule has 1 atom stereocenters. The highest BCUT2D eigenvalue weighted by molar-refractivity contribution is 5.60. The van der Waals surface area contributed by atoms with Gasteiger partial charge in [-0.25, -0.2) is 0 Å². The smallest absolute Gasteiger partial charge is 0.274 e. The lowest BCUT2D eigenvalue weighted by Crippen LogP contribution is -2.08. The maximum Gasteiger partial charge on any atom is 0.274 e. The van der Waals surface area contributed by atoms with Gasteiger partial charge in [-0.2, -0.15) is 0 Å². The summed E-state index contributed by atoms with van der Waals surface area (Å²) in [5, 5.41) is 23.4. The third-order valence-corrected chi connectivity index (χ3v) is 3.27. The molecule has 2 rings (SSSR count). The molecule has 20 heavy (non-hydrogen) atoms. The zero-order valence-corrected chi connectivity index (χ0v) is 11.3. The highest BCUT2D eigenvalue weighted by Gasteiger charge is 2.14. The molecule has 5 heteroatoms. The molecule has 104 valence electrons. The molecule has 0 bridgehead atoms. The van der Waals surface area contributed by atoms with Gasteiger partial charge in [-0.15, -0.1) is 0 Å². The lowest BCUT2D eigenvalue weighted by molar-refractivity contribution is -0.385. The van der Waals surface area contributed by atoms with Crippen molar-refractivity contribution < 1.29 is 10.0 Å². The highest BCUT2D eigenvalue weighted by Crippen LogP contribution is 2.28. The summed E-state index contributed by atoms with van der Waals surface area (Å²) >= 11 is 0. The van der Waals surface area contributed by atoms with Gasteiger partial charge in [0.15, 0.2) is 0 Å². The summed E-state index contributed by atoms with van der Waals surface area (Å²) in [6, 6.07) is 11.8. The highest BCUT2D eigenvalue weighted by atomic mass is 16.6. The summed E-state index contributed by atoms with van der Waals surface area (Å²) in [6.45, 7) is 3.69. The number of hydrogen-bond acceptors (Lipinski definition) is 4. The van der Waals surface area contributed by atoms with Crippen LogP contribution in [0.25, 0.3) is 0 Å². The van der Waals surface area contributed by atoms with Crippen molar-refractivity contribution in [2.45, 2.75) is 19.9 Å². The molecule has 2 aromatic rings. The van der Waals surface area contributed by atoms with Crippen molar-refractivity contribution in [3.8, 4) is 5.75 Å². The average molecular weight is 272 g/mol. The Labute approximate surface area is 117 Å². The predicted molar refractivity (Wildman–Crippen MR) is 78.0 cm³/mol.